The normalized spacial score (nSPS) is 19.0. The van der Waals surface area contributed by atoms with Crippen molar-refractivity contribution in [3.8, 4) is 11.1 Å². The Bertz CT molecular complexity index is 1520. The molecule has 0 N–H and O–H groups in total. The Labute approximate surface area is 218 Å². The van der Waals surface area contributed by atoms with Crippen molar-refractivity contribution in [3.05, 3.63) is 83.3 Å². The lowest BCUT2D eigenvalue weighted by atomic mass is 9.99. The summed E-state index contributed by atoms with van der Waals surface area (Å²) >= 11 is 0. The van der Waals surface area contributed by atoms with Gasteiger partial charge in [-0.05, 0) is 72.2 Å². The molecule has 0 bridgehead atoms. The highest BCUT2D eigenvalue weighted by molar-refractivity contribution is 7.90. The Hall–Kier alpha value is -3.07. The molecule has 3 heterocycles. The Morgan fingerprint density at radius 2 is 1.73 bits per heavy atom. The number of pyridine rings is 1. The van der Waals surface area contributed by atoms with Crippen molar-refractivity contribution in [3.63, 3.8) is 0 Å². The van der Waals surface area contributed by atoms with E-state index in [4.69, 9.17) is 14.8 Å². The maximum atomic E-state index is 11.8. The van der Waals surface area contributed by atoms with Gasteiger partial charge in [-0.3, -0.25) is 4.90 Å². The van der Waals surface area contributed by atoms with Crippen molar-refractivity contribution in [1.29, 1.82) is 0 Å². The average Bonchev–Trinajstić information content (AvgIpc) is 3.20. The number of rotatable bonds is 5. The van der Waals surface area contributed by atoms with E-state index in [2.05, 4.69) is 23.1 Å². The molecule has 1 atom stereocenters. The van der Waals surface area contributed by atoms with Crippen LogP contribution >= 0.6 is 0 Å². The molecule has 192 valence electrons. The first-order valence-electron chi connectivity index (χ1n) is 13.0. The van der Waals surface area contributed by atoms with Crippen LogP contribution in [-0.4, -0.2) is 66.5 Å². The fraction of sp³-hybridized carbons (Fsp3) is 0.379. The second-order valence-electron chi connectivity index (χ2n) is 10.2. The highest BCUT2D eigenvalue weighted by Gasteiger charge is 2.24. The number of hydrogen-bond donors (Lipinski definition) is 0. The molecule has 1 aliphatic heterocycles. The zero-order chi connectivity index (χ0) is 25.4. The summed E-state index contributed by atoms with van der Waals surface area (Å²) in [6.45, 7) is 3.81. The van der Waals surface area contributed by atoms with E-state index >= 15 is 0 Å². The molecule has 0 spiro atoms. The Morgan fingerprint density at radius 1 is 0.973 bits per heavy atom. The van der Waals surface area contributed by atoms with Crippen molar-refractivity contribution in [2.45, 2.75) is 43.0 Å². The summed E-state index contributed by atoms with van der Waals surface area (Å²) in [7, 11) is -3.23. The third-order valence-corrected chi connectivity index (χ3v) is 8.82. The molecule has 1 saturated heterocycles. The molecule has 2 aromatic heterocycles. The minimum absolute atomic E-state index is 0.310. The van der Waals surface area contributed by atoms with Crippen molar-refractivity contribution < 1.29 is 13.2 Å². The predicted octanol–water partition coefficient (Wildman–Crippen LogP) is 3.97. The van der Waals surface area contributed by atoms with Gasteiger partial charge in [0.2, 0.25) is 0 Å². The third-order valence-electron chi connectivity index (χ3n) is 7.69. The predicted molar refractivity (Wildman–Crippen MR) is 144 cm³/mol. The van der Waals surface area contributed by atoms with E-state index in [1.165, 1.54) is 35.8 Å². The van der Waals surface area contributed by atoms with Crippen LogP contribution in [0.3, 0.4) is 0 Å². The number of aromatic nitrogens is 3. The zero-order valence-corrected chi connectivity index (χ0v) is 22.0. The van der Waals surface area contributed by atoms with Gasteiger partial charge in [0.15, 0.2) is 21.3 Å². The number of fused-ring (bicyclic) bond motifs is 2. The molecule has 2 aliphatic rings. The molecule has 6 rings (SSSR count). The van der Waals surface area contributed by atoms with Gasteiger partial charge in [0.1, 0.15) is 0 Å². The van der Waals surface area contributed by atoms with E-state index in [0.29, 0.717) is 17.4 Å². The van der Waals surface area contributed by atoms with Crippen LogP contribution in [0.25, 0.3) is 16.8 Å². The lowest BCUT2D eigenvalue weighted by molar-refractivity contribution is 0.0136. The molecule has 2 aromatic carbocycles. The van der Waals surface area contributed by atoms with E-state index < -0.39 is 9.84 Å². The monoisotopic (exact) mass is 516 g/mol. The van der Waals surface area contributed by atoms with Gasteiger partial charge in [0.25, 0.3) is 0 Å². The highest BCUT2D eigenvalue weighted by atomic mass is 32.2. The Kier molecular flexibility index (Phi) is 6.56. The van der Waals surface area contributed by atoms with Gasteiger partial charge >= 0.3 is 0 Å². The smallest absolute Gasteiger partial charge is 0.175 e. The molecular weight excluding hydrogens is 484 g/mol. The van der Waals surface area contributed by atoms with Gasteiger partial charge in [-0.1, -0.05) is 30.3 Å². The summed E-state index contributed by atoms with van der Waals surface area (Å²) in [6.07, 6.45) is 8.46. The average molecular weight is 517 g/mol. The standard InChI is InChI=1S/C29H32N4O3S/c1-37(34,35)26-12-8-23(9-13-26)27-3-2-14-33-29(27)30-28(31-33)20-21-4-5-22-6-10-25(11-7-24(22)19-21)32-15-17-36-18-16-32/h2-5,8-9,12-14,19,25H,6-7,10-11,15-18,20H2,1H3. The molecule has 8 heteroatoms. The van der Waals surface area contributed by atoms with Crippen molar-refractivity contribution in [1.82, 2.24) is 19.5 Å². The van der Waals surface area contributed by atoms with Gasteiger partial charge in [0, 0.05) is 43.6 Å². The van der Waals surface area contributed by atoms with Gasteiger partial charge in [0.05, 0.1) is 18.1 Å². The molecular formula is C29H32N4O3S. The van der Waals surface area contributed by atoms with Crippen LogP contribution in [0.4, 0.5) is 0 Å². The molecule has 7 nitrogen and oxygen atoms in total. The maximum absolute atomic E-state index is 11.8. The number of aryl methyl sites for hydroxylation is 2. The Morgan fingerprint density at radius 3 is 2.49 bits per heavy atom. The number of ether oxygens (including phenoxy) is 1. The third kappa shape index (κ3) is 5.19. The zero-order valence-electron chi connectivity index (χ0n) is 21.1. The second-order valence-corrected chi connectivity index (χ2v) is 12.2. The quantitative estimate of drug-likeness (QED) is 0.374. The number of nitrogens with zero attached hydrogens (tertiary/aromatic N) is 4. The van der Waals surface area contributed by atoms with E-state index in [1.54, 1.807) is 12.1 Å². The van der Waals surface area contributed by atoms with Crippen LogP contribution in [0, 0.1) is 0 Å². The minimum atomic E-state index is -3.23. The number of morpholine rings is 1. The van der Waals surface area contributed by atoms with Crippen molar-refractivity contribution >= 4 is 15.5 Å². The lowest BCUT2D eigenvalue weighted by Gasteiger charge is -2.33. The number of benzene rings is 2. The van der Waals surface area contributed by atoms with Crippen molar-refractivity contribution in [2.75, 3.05) is 32.6 Å². The van der Waals surface area contributed by atoms with Crippen LogP contribution in [-0.2, 0) is 33.8 Å². The second kappa shape index (κ2) is 10.0. The SMILES string of the molecule is CS(=O)(=O)c1ccc(-c2cccn3nc(Cc4ccc5c(c4)CCC(N4CCOCC4)CC5)nc23)cc1. The summed E-state index contributed by atoms with van der Waals surface area (Å²) in [5.74, 6) is 0.778. The molecule has 1 unspecified atom stereocenters. The lowest BCUT2D eigenvalue weighted by Crippen LogP contribution is -2.43. The number of hydrogen-bond acceptors (Lipinski definition) is 6. The molecule has 0 saturated carbocycles. The Balaban J connectivity index is 1.21. The first-order chi connectivity index (χ1) is 17.9. The topological polar surface area (TPSA) is 76.8 Å². The number of sulfone groups is 1. The molecule has 0 amide bonds. The summed E-state index contributed by atoms with van der Waals surface area (Å²) in [5.41, 5.74) is 6.78. The summed E-state index contributed by atoms with van der Waals surface area (Å²) in [6, 6.07) is 18.4. The van der Waals surface area contributed by atoms with E-state index in [9.17, 15) is 8.42 Å². The molecule has 4 aromatic rings. The fourth-order valence-electron chi connectivity index (χ4n) is 5.68. The van der Waals surface area contributed by atoms with Crippen LogP contribution in [0.5, 0.6) is 0 Å². The largest absolute Gasteiger partial charge is 0.379 e. The molecule has 1 aliphatic carbocycles. The van der Waals surface area contributed by atoms with Crippen LogP contribution in [0.2, 0.25) is 0 Å². The summed E-state index contributed by atoms with van der Waals surface area (Å²) in [5, 5.41) is 4.75. The highest BCUT2D eigenvalue weighted by Crippen LogP contribution is 2.28. The van der Waals surface area contributed by atoms with Crippen LogP contribution in [0.1, 0.15) is 35.4 Å². The van der Waals surface area contributed by atoms with Gasteiger partial charge in [-0.25, -0.2) is 17.9 Å². The fourth-order valence-corrected chi connectivity index (χ4v) is 6.31. The van der Waals surface area contributed by atoms with Gasteiger partial charge in [-0.15, -0.1) is 0 Å². The van der Waals surface area contributed by atoms with E-state index in [-0.39, 0.29) is 0 Å². The molecule has 1 fully saturated rings. The summed E-state index contributed by atoms with van der Waals surface area (Å²) in [4.78, 5) is 7.80. The minimum Gasteiger partial charge on any atom is -0.379 e. The van der Waals surface area contributed by atoms with Crippen LogP contribution in [0.15, 0.2) is 65.7 Å². The van der Waals surface area contributed by atoms with E-state index in [1.807, 2.05) is 35.0 Å². The van der Waals surface area contributed by atoms with Crippen molar-refractivity contribution in [2.24, 2.45) is 0 Å². The summed E-state index contributed by atoms with van der Waals surface area (Å²) < 4.78 is 31.0. The molecule has 0 radical (unpaired) electrons. The first kappa shape index (κ1) is 24.3. The van der Waals surface area contributed by atoms with Gasteiger partial charge < -0.3 is 4.74 Å². The maximum Gasteiger partial charge on any atom is 0.175 e. The molecule has 37 heavy (non-hydrogen) atoms. The first-order valence-corrected chi connectivity index (χ1v) is 14.9. The van der Waals surface area contributed by atoms with E-state index in [0.717, 1.165) is 61.7 Å². The van der Waals surface area contributed by atoms with Gasteiger partial charge in [-0.2, -0.15) is 5.10 Å². The van der Waals surface area contributed by atoms with Crippen LogP contribution < -0.4 is 0 Å².